The van der Waals surface area contributed by atoms with Crippen LogP contribution in [0.2, 0.25) is 0 Å². The van der Waals surface area contributed by atoms with Gasteiger partial charge in [-0.1, -0.05) is 0 Å². The van der Waals surface area contributed by atoms with Gasteiger partial charge in [-0.3, -0.25) is 4.79 Å². The number of likely N-dealkylation sites (tertiary alicyclic amines) is 1. The maximum atomic E-state index is 13.4. The summed E-state index contributed by atoms with van der Waals surface area (Å²) in [6.45, 7) is 5.68. The standard InChI is InChI=1S/C15H20F2N2O/c1-15(2,3)19-13(20)5-4-12(18)14(19)9-6-10(16)8-11(17)7-9/h6-8,12,14H,4-5,18H2,1-3H3. The number of nitrogens with two attached hydrogens (primary N) is 1. The highest BCUT2D eigenvalue weighted by atomic mass is 19.1. The summed E-state index contributed by atoms with van der Waals surface area (Å²) in [7, 11) is 0. The molecular formula is C15H20F2N2O. The fourth-order valence-corrected chi connectivity index (χ4v) is 2.85. The Balaban J connectivity index is 2.50. The molecule has 0 spiro atoms. The molecule has 1 aliphatic heterocycles. The van der Waals surface area contributed by atoms with Gasteiger partial charge in [0.25, 0.3) is 0 Å². The normalized spacial score (nSPS) is 24.1. The number of benzene rings is 1. The molecule has 0 bridgehead atoms. The molecule has 1 saturated heterocycles. The molecule has 1 aromatic rings. The minimum atomic E-state index is -0.654. The summed E-state index contributed by atoms with van der Waals surface area (Å²) in [5.74, 6) is -1.34. The van der Waals surface area contributed by atoms with Crippen molar-refractivity contribution in [2.45, 2.75) is 51.2 Å². The van der Waals surface area contributed by atoms with Crippen LogP contribution in [0.4, 0.5) is 8.78 Å². The third-order valence-corrected chi connectivity index (χ3v) is 3.59. The number of amides is 1. The van der Waals surface area contributed by atoms with E-state index in [-0.39, 0.29) is 11.9 Å². The van der Waals surface area contributed by atoms with Crippen molar-refractivity contribution in [2.75, 3.05) is 0 Å². The van der Waals surface area contributed by atoms with Crippen LogP contribution in [-0.4, -0.2) is 22.4 Å². The lowest BCUT2D eigenvalue weighted by molar-refractivity contribution is -0.144. The summed E-state index contributed by atoms with van der Waals surface area (Å²) in [6.07, 6.45) is 0.890. The lowest BCUT2D eigenvalue weighted by atomic mass is 9.86. The van der Waals surface area contributed by atoms with E-state index >= 15 is 0 Å². The quantitative estimate of drug-likeness (QED) is 0.861. The molecule has 2 atom stereocenters. The van der Waals surface area contributed by atoms with Gasteiger partial charge in [0, 0.05) is 24.1 Å². The van der Waals surface area contributed by atoms with Gasteiger partial charge in [0.2, 0.25) is 5.91 Å². The molecule has 2 unspecified atom stereocenters. The number of halogens is 2. The van der Waals surface area contributed by atoms with Crippen LogP contribution >= 0.6 is 0 Å². The number of piperidine rings is 1. The first kappa shape index (κ1) is 14.9. The van der Waals surface area contributed by atoms with Crippen LogP contribution in [-0.2, 0) is 4.79 Å². The summed E-state index contributed by atoms with van der Waals surface area (Å²) >= 11 is 0. The zero-order valence-electron chi connectivity index (χ0n) is 12.0. The monoisotopic (exact) mass is 282 g/mol. The average molecular weight is 282 g/mol. The maximum Gasteiger partial charge on any atom is 0.223 e. The van der Waals surface area contributed by atoms with Crippen molar-refractivity contribution in [3.8, 4) is 0 Å². The molecule has 3 nitrogen and oxygen atoms in total. The van der Waals surface area contributed by atoms with Crippen molar-refractivity contribution < 1.29 is 13.6 Å². The summed E-state index contributed by atoms with van der Waals surface area (Å²) in [5.41, 5.74) is 6.08. The minimum absolute atomic E-state index is 0.0335. The number of rotatable bonds is 1. The molecule has 2 rings (SSSR count). The minimum Gasteiger partial charge on any atom is -0.329 e. The molecule has 2 N–H and O–H groups in total. The van der Waals surface area contributed by atoms with Crippen molar-refractivity contribution in [1.29, 1.82) is 0 Å². The Morgan fingerprint density at radius 2 is 1.75 bits per heavy atom. The summed E-state index contributed by atoms with van der Waals surface area (Å²) in [6, 6.07) is 2.51. The van der Waals surface area contributed by atoms with Crippen LogP contribution in [0.15, 0.2) is 18.2 Å². The van der Waals surface area contributed by atoms with Gasteiger partial charge in [-0.25, -0.2) is 8.78 Å². The van der Waals surface area contributed by atoms with Gasteiger partial charge in [0.05, 0.1) is 6.04 Å². The molecule has 5 heteroatoms. The van der Waals surface area contributed by atoms with E-state index in [2.05, 4.69) is 0 Å². The Labute approximate surface area is 117 Å². The Kier molecular flexibility index (Phi) is 3.82. The molecule has 1 aliphatic rings. The van der Waals surface area contributed by atoms with Gasteiger partial charge < -0.3 is 10.6 Å². The molecule has 0 aromatic heterocycles. The Morgan fingerprint density at radius 3 is 2.25 bits per heavy atom. The van der Waals surface area contributed by atoms with Gasteiger partial charge in [-0.05, 0) is 44.9 Å². The highest BCUT2D eigenvalue weighted by Gasteiger charge is 2.40. The SMILES string of the molecule is CC(C)(C)N1C(=O)CCC(N)C1c1cc(F)cc(F)c1. The van der Waals surface area contributed by atoms with Gasteiger partial charge in [-0.15, -0.1) is 0 Å². The predicted octanol–water partition coefficient (Wildman–Crippen LogP) is 2.75. The third-order valence-electron chi connectivity index (χ3n) is 3.59. The van der Waals surface area contributed by atoms with E-state index in [9.17, 15) is 13.6 Å². The second-order valence-corrected chi connectivity index (χ2v) is 6.28. The van der Waals surface area contributed by atoms with Crippen LogP contribution in [0, 0.1) is 11.6 Å². The largest absolute Gasteiger partial charge is 0.329 e. The predicted molar refractivity (Wildman–Crippen MR) is 72.9 cm³/mol. The number of carbonyl (C=O) groups excluding carboxylic acids is 1. The van der Waals surface area contributed by atoms with E-state index in [4.69, 9.17) is 5.73 Å². The van der Waals surface area contributed by atoms with Crippen molar-refractivity contribution >= 4 is 5.91 Å². The summed E-state index contributed by atoms with van der Waals surface area (Å²) < 4.78 is 26.9. The summed E-state index contributed by atoms with van der Waals surface area (Å²) in [4.78, 5) is 13.9. The van der Waals surface area contributed by atoms with E-state index in [0.717, 1.165) is 6.07 Å². The lowest BCUT2D eigenvalue weighted by Gasteiger charge is -2.47. The highest BCUT2D eigenvalue weighted by Crippen LogP contribution is 2.36. The van der Waals surface area contributed by atoms with Gasteiger partial charge in [0.1, 0.15) is 11.6 Å². The summed E-state index contributed by atoms with van der Waals surface area (Å²) in [5, 5.41) is 0. The van der Waals surface area contributed by atoms with Gasteiger partial charge in [0.15, 0.2) is 0 Å². The van der Waals surface area contributed by atoms with Gasteiger partial charge in [-0.2, -0.15) is 0 Å². The number of nitrogens with zero attached hydrogens (tertiary/aromatic N) is 1. The van der Waals surface area contributed by atoms with Crippen molar-refractivity contribution in [3.05, 3.63) is 35.4 Å². The molecule has 1 fully saturated rings. The second kappa shape index (κ2) is 5.13. The van der Waals surface area contributed by atoms with Crippen LogP contribution in [0.5, 0.6) is 0 Å². The van der Waals surface area contributed by atoms with Crippen LogP contribution in [0.1, 0.15) is 45.2 Å². The van der Waals surface area contributed by atoms with E-state index in [0.29, 0.717) is 18.4 Å². The van der Waals surface area contributed by atoms with Crippen molar-refractivity contribution in [1.82, 2.24) is 4.90 Å². The Hall–Kier alpha value is -1.49. The average Bonchev–Trinajstić information content (AvgIpc) is 2.28. The lowest BCUT2D eigenvalue weighted by Crippen LogP contribution is -2.56. The molecule has 20 heavy (non-hydrogen) atoms. The first-order valence-corrected chi connectivity index (χ1v) is 6.74. The first-order chi connectivity index (χ1) is 9.20. The van der Waals surface area contributed by atoms with Crippen LogP contribution in [0.3, 0.4) is 0 Å². The molecule has 0 aliphatic carbocycles. The van der Waals surface area contributed by atoms with Crippen molar-refractivity contribution in [3.63, 3.8) is 0 Å². The molecule has 1 aromatic carbocycles. The smallest absolute Gasteiger partial charge is 0.223 e. The second-order valence-electron chi connectivity index (χ2n) is 6.28. The molecular weight excluding hydrogens is 262 g/mol. The molecule has 110 valence electrons. The van der Waals surface area contributed by atoms with Crippen molar-refractivity contribution in [2.24, 2.45) is 5.73 Å². The molecule has 0 radical (unpaired) electrons. The first-order valence-electron chi connectivity index (χ1n) is 6.74. The zero-order chi connectivity index (χ0) is 15.1. The fraction of sp³-hybridized carbons (Fsp3) is 0.533. The van der Waals surface area contributed by atoms with Crippen LogP contribution in [0.25, 0.3) is 0 Å². The number of hydrogen-bond acceptors (Lipinski definition) is 2. The Morgan fingerprint density at radius 1 is 1.20 bits per heavy atom. The zero-order valence-corrected chi connectivity index (χ0v) is 12.0. The Bertz CT molecular complexity index is 505. The molecule has 1 heterocycles. The maximum absolute atomic E-state index is 13.4. The molecule has 0 saturated carbocycles. The van der Waals surface area contributed by atoms with E-state index in [1.165, 1.54) is 12.1 Å². The number of carbonyl (C=O) groups is 1. The van der Waals surface area contributed by atoms with E-state index in [1.54, 1.807) is 4.90 Å². The van der Waals surface area contributed by atoms with E-state index in [1.807, 2.05) is 20.8 Å². The van der Waals surface area contributed by atoms with E-state index < -0.39 is 23.2 Å². The number of hydrogen-bond donors (Lipinski definition) is 1. The highest BCUT2D eigenvalue weighted by molar-refractivity contribution is 5.78. The topological polar surface area (TPSA) is 46.3 Å². The third kappa shape index (κ3) is 2.82. The molecule has 1 amide bonds. The van der Waals surface area contributed by atoms with Crippen LogP contribution < -0.4 is 5.73 Å². The fourth-order valence-electron chi connectivity index (χ4n) is 2.85. The van der Waals surface area contributed by atoms with Gasteiger partial charge >= 0.3 is 0 Å².